The van der Waals surface area contributed by atoms with Crippen LogP contribution in [0.3, 0.4) is 0 Å². The Hall–Kier alpha value is -1.66. The first kappa shape index (κ1) is 33.8. The molecule has 0 aromatic heterocycles. The van der Waals surface area contributed by atoms with Crippen molar-refractivity contribution in [3.8, 4) is 0 Å². The Morgan fingerprint density at radius 1 is 1.12 bits per heavy atom. The number of benzene rings is 1. The van der Waals surface area contributed by atoms with E-state index < -0.39 is 32.4 Å². The molecule has 2 aliphatic rings. The summed E-state index contributed by atoms with van der Waals surface area (Å²) in [6, 6.07) is 4.06. The van der Waals surface area contributed by atoms with Gasteiger partial charge in [0.15, 0.2) is 14.6 Å². The van der Waals surface area contributed by atoms with Crippen LogP contribution in [-0.4, -0.2) is 89.4 Å². The van der Waals surface area contributed by atoms with Crippen molar-refractivity contribution in [2.75, 3.05) is 52.3 Å². The van der Waals surface area contributed by atoms with E-state index in [4.69, 9.17) is 13.9 Å². The van der Waals surface area contributed by atoms with Crippen molar-refractivity contribution in [2.24, 2.45) is 5.41 Å². The molecule has 234 valence electrons. The van der Waals surface area contributed by atoms with Gasteiger partial charge in [0.2, 0.25) is 5.91 Å². The Morgan fingerprint density at radius 2 is 1.73 bits per heavy atom. The summed E-state index contributed by atoms with van der Waals surface area (Å²) in [5.41, 5.74) is 0.0651. The van der Waals surface area contributed by atoms with Crippen LogP contribution >= 0.6 is 0 Å². The van der Waals surface area contributed by atoms with Crippen LogP contribution in [0.4, 0.5) is 18.9 Å². The van der Waals surface area contributed by atoms with E-state index in [1.165, 1.54) is 39.2 Å². The van der Waals surface area contributed by atoms with Crippen molar-refractivity contribution in [3.05, 3.63) is 29.8 Å². The van der Waals surface area contributed by atoms with Gasteiger partial charge in [-0.25, -0.2) is 0 Å². The number of nitrogens with zero attached hydrogens (tertiary/aromatic N) is 2. The summed E-state index contributed by atoms with van der Waals surface area (Å²) in [4.78, 5) is 17.7. The molecule has 1 spiro atoms. The fourth-order valence-electron chi connectivity index (χ4n) is 5.23. The highest BCUT2D eigenvalue weighted by molar-refractivity contribution is 6.74. The van der Waals surface area contributed by atoms with Crippen molar-refractivity contribution in [3.63, 3.8) is 0 Å². The number of likely N-dealkylation sites (tertiary alicyclic amines) is 1. The second-order valence-electron chi connectivity index (χ2n) is 13.3. The van der Waals surface area contributed by atoms with Gasteiger partial charge in [0.25, 0.3) is 0 Å². The maximum absolute atomic E-state index is 13.5. The minimum atomic E-state index is -4.41. The van der Waals surface area contributed by atoms with Crippen LogP contribution in [-0.2, 0) is 24.9 Å². The Morgan fingerprint density at radius 3 is 2.24 bits per heavy atom. The quantitative estimate of drug-likeness (QED) is 0.214. The molecule has 1 saturated carbocycles. The van der Waals surface area contributed by atoms with Gasteiger partial charge in [-0.3, -0.25) is 4.79 Å². The maximum Gasteiger partial charge on any atom is 0.416 e. The molecule has 3 rings (SSSR count). The molecule has 1 aliphatic heterocycles. The molecular formula is C30H50F3N3O4Si. The van der Waals surface area contributed by atoms with Crippen LogP contribution in [0.2, 0.25) is 18.1 Å². The summed E-state index contributed by atoms with van der Waals surface area (Å²) >= 11 is 0. The minimum absolute atomic E-state index is 0.163. The Labute approximate surface area is 245 Å². The SMILES string of the molecule is COC(CN(CCCN1CCC2(CC2)[C@H](O[Si](C)(C)C(C)(C)C)C1)C(=O)C(C)Nc1ccc(C(F)(F)F)cc1)OC. The van der Waals surface area contributed by atoms with Crippen LogP contribution in [0.5, 0.6) is 0 Å². The fourth-order valence-corrected chi connectivity index (χ4v) is 6.62. The van der Waals surface area contributed by atoms with Crippen molar-refractivity contribution in [2.45, 2.75) is 96.1 Å². The second kappa shape index (κ2) is 13.3. The summed E-state index contributed by atoms with van der Waals surface area (Å²) in [6.07, 6.45) is -0.296. The van der Waals surface area contributed by atoms with E-state index in [9.17, 15) is 18.0 Å². The maximum atomic E-state index is 13.5. The molecule has 1 heterocycles. The Bertz CT molecular complexity index is 992. The summed E-state index contributed by atoms with van der Waals surface area (Å²) in [7, 11) is 1.18. The van der Waals surface area contributed by atoms with Crippen molar-refractivity contribution in [1.29, 1.82) is 0 Å². The van der Waals surface area contributed by atoms with Gasteiger partial charge in [-0.1, -0.05) is 20.8 Å². The first-order valence-electron chi connectivity index (χ1n) is 14.7. The van der Waals surface area contributed by atoms with E-state index in [1.54, 1.807) is 11.8 Å². The van der Waals surface area contributed by atoms with E-state index in [-0.39, 0.29) is 23.6 Å². The number of rotatable bonds is 13. The number of anilines is 1. The molecule has 1 aliphatic carbocycles. The lowest BCUT2D eigenvalue weighted by molar-refractivity contribution is -0.146. The van der Waals surface area contributed by atoms with Crippen LogP contribution in [0.15, 0.2) is 24.3 Å². The summed E-state index contributed by atoms with van der Waals surface area (Å²) in [5.74, 6) is -0.168. The molecule has 7 nitrogen and oxygen atoms in total. The number of nitrogens with one attached hydrogen (secondary N) is 1. The van der Waals surface area contributed by atoms with Gasteiger partial charge in [0.05, 0.1) is 18.2 Å². The number of methoxy groups -OCH3 is 2. The second-order valence-corrected chi connectivity index (χ2v) is 18.0. The standard InChI is InChI=1S/C30H50F3N3O4Si/c1-22(34-24-12-10-23(11-13-24)30(31,32)33)27(37)36(21-26(38-5)39-6)18-9-17-35-19-16-29(14-15-29)25(20-35)40-41(7,8)28(2,3)4/h10-13,22,25-26,34H,9,14-21H2,1-8H3/t22?,25-/m1/s1. The van der Waals surface area contributed by atoms with Gasteiger partial charge in [0.1, 0.15) is 6.04 Å². The third-order valence-electron chi connectivity index (χ3n) is 9.24. The van der Waals surface area contributed by atoms with E-state index in [1.807, 2.05) is 0 Å². The molecule has 1 aromatic rings. The lowest BCUT2D eigenvalue weighted by Gasteiger charge is -2.46. The van der Waals surface area contributed by atoms with Gasteiger partial charge >= 0.3 is 6.18 Å². The number of hydrogen-bond donors (Lipinski definition) is 1. The number of halogens is 3. The van der Waals surface area contributed by atoms with E-state index >= 15 is 0 Å². The lowest BCUT2D eigenvalue weighted by atomic mass is 9.90. The predicted molar refractivity (Wildman–Crippen MR) is 158 cm³/mol. The third-order valence-corrected chi connectivity index (χ3v) is 13.7. The van der Waals surface area contributed by atoms with Gasteiger partial charge in [-0.15, -0.1) is 0 Å². The predicted octanol–water partition coefficient (Wildman–Crippen LogP) is 6.22. The minimum Gasteiger partial charge on any atom is -0.412 e. The highest BCUT2D eigenvalue weighted by Crippen LogP contribution is 2.56. The van der Waals surface area contributed by atoms with Crippen molar-refractivity contribution in [1.82, 2.24) is 9.80 Å². The smallest absolute Gasteiger partial charge is 0.412 e. The summed E-state index contributed by atoms with van der Waals surface area (Å²) in [5, 5.41) is 3.21. The molecule has 11 heteroatoms. The average molecular weight is 602 g/mol. The van der Waals surface area contributed by atoms with E-state index in [0.717, 1.165) is 44.6 Å². The van der Waals surface area contributed by atoms with Gasteiger partial charge in [-0.2, -0.15) is 13.2 Å². The van der Waals surface area contributed by atoms with Crippen LogP contribution < -0.4 is 5.32 Å². The molecule has 2 fully saturated rings. The lowest BCUT2D eigenvalue weighted by Crippen LogP contribution is -2.53. The number of carbonyl (C=O) groups excluding carboxylic acids is 1. The van der Waals surface area contributed by atoms with E-state index in [0.29, 0.717) is 17.6 Å². The number of piperidine rings is 1. The molecule has 0 bridgehead atoms. The van der Waals surface area contributed by atoms with Crippen molar-refractivity contribution >= 4 is 19.9 Å². The number of ether oxygens (including phenoxy) is 2. The molecular weight excluding hydrogens is 551 g/mol. The zero-order valence-electron chi connectivity index (χ0n) is 26.1. The molecule has 0 radical (unpaired) electrons. The fraction of sp³-hybridized carbons (Fsp3) is 0.767. The van der Waals surface area contributed by atoms with Crippen LogP contribution in [0, 0.1) is 5.41 Å². The highest BCUT2D eigenvalue weighted by Gasteiger charge is 2.54. The highest BCUT2D eigenvalue weighted by atomic mass is 28.4. The average Bonchev–Trinajstić information content (AvgIpc) is 3.67. The summed E-state index contributed by atoms with van der Waals surface area (Å²) < 4.78 is 56.5. The monoisotopic (exact) mass is 601 g/mol. The van der Waals surface area contributed by atoms with Gasteiger partial charge in [-0.05, 0) is 93.5 Å². The molecule has 1 saturated heterocycles. The Kier molecular flexibility index (Phi) is 11.0. The van der Waals surface area contributed by atoms with E-state index in [2.05, 4.69) is 44.1 Å². The van der Waals surface area contributed by atoms with Crippen LogP contribution in [0.25, 0.3) is 0 Å². The number of alkyl halides is 3. The first-order valence-corrected chi connectivity index (χ1v) is 17.6. The van der Waals surface area contributed by atoms with Gasteiger partial charge < -0.3 is 29.0 Å². The third kappa shape index (κ3) is 8.92. The van der Waals surface area contributed by atoms with Crippen LogP contribution in [0.1, 0.15) is 58.9 Å². The number of amides is 1. The zero-order chi connectivity index (χ0) is 30.6. The Balaban J connectivity index is 1.60. The topological polar surface area (TPSA) is 63.3 Å². The largest absolute Gasteiger partial charge is 0.416 e. The van der Waals surface area contributed by atoms with Crippen molar-refractivity contribution < 1.29 is 31.9 Å². The molecule has 1 aromatic carbocycles. The zero-order valence-corrected chi connectivity index (χ0v) is 27.1. The molecule has 2 atom stereocenters. The summed E-state index contributed by atoms with van der Waals surface area (Å²) in [6.45, 7) is 16.8. The number of carbonyl (C=O) groups is 1. The molecule has 1 amide bonds. The first-order chi connectivity index (χ1) is 19.0. The molecule has 41 heavy (non-hydrogen) atoms. The van der Waals surface area contributed by atoms with Gasteiger partial charge in [0, 0.05) is 33.0 Å². The molecule has 1 N–H and O–H groups in total. The number of hydrogen-bond acceptors (Lipinski definition) is 6. The molecule has 1 unspecified atom stereocenters. The normalized spacial score (nSPS) is 20.3.